The highest BCUT2D eigenvalue weighted by molar-refractivity contribution is 5.82. The Morgan fingerprint density at radius 2 is 1.87 bits per heavy atom. The van der Waals surface area contributed by atoms with Crippen molar-refractivity contribution in [1.82, 2.24) is 15.0 Å². The van der Waals surface area contributed by atoms with E-state index in [2.05, 4.69) is 15.2 Å². The monoisotopic (exact) mass is 409 g/mol. The Morgan fingerprint density at radius 1 is 1.07 bits per heavy atom. The minimum absolute atomic E-state index is 0.373. The van der Waals surface area contributed by atoms with Crippen LogP contribution in [0.4, 0.5) is 20.4 Å². The Labute approximate surface area is 174 Å². The van der Waals surface area contributed by atoms with Crippen molar-refractivity contribution in [3.05, 3.63) is 53.4 Å². The number of pyridine rings is 1. The van der Waals surface area contributed by atoms with E-state index in [1.807, 2.05) is 13.0 Å². The topological polar surface area (TPSA) is 53.9 Å². The molecule has 3 aromatic rings. The summed E-state index contributed by atoms with van der Waals surface area (Å²) in [4.78, 5) is 16.5. The highest BCUT2D eigenvalue weighted by Crippen LogP contribution is 2.33. The molecule has 1 aliphatic heterocycles. The average Bonchev–Trinajstić information content (AvgIpc) is 3.55. The van der Waals surface area contributed by atoms with Crippen LogP contribution in [0, 0.1) is 24.5 Å². The van der Waals surface area contributed by atoms with E-state index in [-0.39, 0.29) is 0 Å². The molecule has 1 saturated carbocycles. The quantitative estimate of drug-likeness (QED) is 0.665. The number of anilines is 2. The molecule has 0 amide bonds. The third-order valence-electron chi connectivity index (χ3n) is 6.10. The third kappa shape index (κ3) is 3.93. The zero-order valence-corrected chi connectivity index (χ0v) is 17.0. The molecule has 2 aliphatic rings. The van der Waals surface area contributed by atoms with Gasteiger partial charge in [0.2, 0.25) is 0 Å². The lowest BCUT2D eigenvalue weighted by Crippen LogP contribution is -2.35. The van der Waals surface area contributed by atoms with Gasteiger partial charge in [-0.2, -0.15) is 0 Å². The smallest absolute Gasteiger partial charge is 0.172 e. The lowest BCUT2D eigenvalue weighted by Gasteiger charge is -2.34. The lowest BCUT2D eigenvalue weighted by atomic mass is 9.90. The second-order valence-corrected chi connectivity index (χ2v) is 8.45. The van der Waals surface area contributed by atoms with Gasteiger partial charge in [0.05, 0.1) is 11.2 Å². The van der Waals surface area contributed by atoms with Crippen LogP contribution in [-0.2, 0) is 6.42 Å². The molecule has 2 aromatic heterocycles. The first-order valence-corrected chi connectivity index (χ1v) is 10.7. The van der Waals surface area contributed by atoms with E-state index < -0.39 is 11.6 Å². The zero-order valence-electron chi connectivity index (χ0n) is 17.0. The molecule has 0 unspecified atom stereocenters. The molecular formula is C23H25F2N5. The molecule has 1 N–H and O–H groups in total. The van der Waals surface area contributed by atoms with Crippen LogP contribution in [0.15, 0.2) is 30.5 Å². The summed E-state index contributed by atoms with van der Waals surface area (Å²) < 4.78 is 27.2. The van der Waals surface area contributed by atoms with Crippen molar-refractivity contribution in [3.8, 4) is 0 Å². The van der Waals surface area contributed by atoms with Crippen molar-refractivity contribution in [2.24, 2.45) is 5.92 Å². The summed E-state index contributed by atoms with van der Waals surface area (Å²) in [5.41, 5.74) is 3.17. The second kappa shape index (κ2) is 7.78. The van der Waals surface area contributed by atoms with Gasteiger partial charge in [0.25, 0.3) is 0 Å². The van der Waals surface area contributed by atoms with Crippen molar-refractivity contribution in [3.63, 3.8) is 0 Å². The summed E-state index contributed by atoms with van der Waals surface area (Å²) in [5, 5.41) is 3.54. The van der Waals surface area contributed by atoms with Crippen LogP contribution in [0.5, 0.6) is 0 Å². The van der Waals surface area contributed by atoms with Crippen molar-refractivity contribution in [2.75, 3.05) is 23.3 Å². The predicted molar refractivity (Wildman–Crippen MR) is 114 cm³/mol. The summed E-state index contributed by atoms with van der Waals surface area (Å²) in [6.07, 6.45) is 6.61. The van der Waals surface area contributed by atoms with Crippen LogP contribution in [0.1, 0.15) is 36.9 Å². The molecule has 0 radical (unpaired) electrons. The van der Waals surface area contributed by atoms with Gasteiger partial charge in [0, 0.05) is 31.4 Å². The summed E-state index contributed by atoms with van der Waals surface area (Å²) in [6.45, 7) is 3.64. The molecule has 7 heteroatoms. The van der Waals surface area contributed by atoms with E-state index in [0.29, 0.717) is 23.9 Å². The summed E-state index contributed by atoms with van der Waals surface area (Å²) in [6, 6.07) is 6.27. The number of nitrogens with one attached hydrogen (secondary N) is 1. The van der Waals surface area contributed by atoms with Crippen molar-refractivity contribution >= 4 is 22.7 Å². The van der Waals surface area contributed by atoms with Gasteiger partial charge < -0.3 is 10.2 Å². The molecule has 5 rings (SSSR count). The van der Waals surface area contributed by atoms with Gasteiger partial charge in [-0.05, 0) is 62.6 Å². The van der Waals surface area contributed by atoms with Gasteiger partial charge in [-0.1, -0.05) is 6.07 Å². The highest BCUT2D eigenvalue weighted by atomic mass is 19.1. The van der Waals surface area contributed by atoms with E-state index in [0.717, 1.165) is 60.4 Å². The van der Waals surface area contributed by atoms with Crippen LogP contribution in [0.2, 0.25) is 0 Å². The molecule has 30 heavy (non-hydrogen) atoms. The van der Waals surface area contributed by atoms with Gasteiger partial charge in [-0.3, -0.25) is 4.98 Å². The summed E-state index contributed by atoms with van der Waals surface area (Å²) in [5.74, 6) is 1.13. The normalized spacial score (nSPS) is 17.5. The van der Waals surface area contributed by atoms with Crippen molar-refractivity contribution in [1.29, 1.82) is 0 Å². The van der Waals surface area contributed by atoms with Gasteiger partial charge >= 0.3 is 0 Å². The minimum Gasteiger partial charge on any atom is -0.364 e. The fraction of sp³-hybridized carbons (Fsp3) is 0.435. The van der Waals surface area contributed by atoms with E-state index >= 15 is 0 Å². The maximum atomic E-state index is 14.0. The third-order valence-corrected chi connectivity index (χ3v) is 6.10. The number of halogens is 2. The van der Waals surface area contributed by atoms with Crippen LogP contribution in [0.25, 0.3) is 11.0 Å². The van der Waals surface area contributed by atoms with Crippen LogP contribution >= 0.6 is 0 Å². The number of aromatic nitrogens is 3. The predicted octanol–water partition coefficient (Wildman–Crippen LogP) is 4.64. The Kier molecular flexibility index (Phi) is 4.97. The first kappa shape index (κ1) is 19.2. The molecule has 1 saturated heterocycles. The van der Waals surface area contributed by atoms with Crippen LogP contribution < -0.4 is 10.2 Å². The number of rotatable bonds is 5. The molecule has 0 bridgehead atoms. The van der Waals surface area contributed by atoms with Crippen molar-refractivity contribution < 1.29 is 8.78 Å². The summed E-state index contributed by atoms with van der Waals surface area (Å²) >= 11 is 0. The fourth-order valence-electron chi connectivity index (χ4n) is 4.19. The van der Waals surface area contributed by atoms with E-state index in [4.69, 9.17) is 9.97 Å². The molecule has 3 heterocycles. The number of hydrogen-bond donors (Lipinski definition) is 1. The molecular weight excluding hydrogens is 384 g/mol. The van der Waals surface area contributed by atoms with E-state index in [1.54, 1.807) is 12.3 Å². The number of benzene rings is 1. The zero-order chi connectivity index (χ0) is 20.7. The maximum absolute atomic E-state index is 14.0. The molecule has 5 nitrogen and oxygen atoms in total. The SMILES string of the molecule is Cc1nccc2nc(NC3CC3)c(N3CCC(Cc4ccc(F)cc4F)CC3)nc12. The Bertz CT molecular complexity index is 1070. The molecule has 156 valence electrons. The number of nitrogens with zero attached hydrogens (tertiary/aromatic N) is 4. The van der Waals surface area contributed by atoms with E-state index in [9.17, 15) is 8.78 Å². The van der Waals surface area contributed by atoms with Crippen LogP contribution in [-0.4, -0.2) is 34.1 Å². The molecule has 1 aliphatic carbocycles. The Hall–Kier alpha value is -2.83. The highest BCUT2D eigenvalue weighted by Gasteiger charge is 2.28. The van der Waals surface area contributed by atoms with Gasteiger partial charge in [-0.25, -0.2) is 18.7 Å². The lowest BCUT2D eigenvalue weighted by molar-refractivity contribution is 0.396. The first-order chi connectivity index (χ1) is 14.6. The number of aryl methyl sites for hydroxylation is 1. The number of fused-ring (bicyclic) bond motifs is 1. The second-order valence-electron chi connectivity index (χ2n) is 8.45. The van der Waals surface area contributed by atoms with E-state index in [1.165, 1.54) is 18.9 Å². The molecule has 1 aromatic carbocycles. The van der Waals surface area contributed by atoms with Crippen LogP contribution in [0.3, 0.4) is 0 Å². The maximum Gasteiger partial charge on any atom is 0.172 e. The number of piperidine rings is 1. The Morgan fingerprint density at radius 3 is 2.60 bits per heavy atom. The molecule has 0 atom stereocenters. The minimum atomic E-state index is -0.526. The first-order valence-electron chi connectivity index (χ1n) is 10.7. The molecule has 0 spiro atoms. The van der Waals surface area contributed by atoms with Crippen molar-refractivity contribution in [2.45, 2.75) is 45.1 Å². The average molecular weight is 409 g/mol. The fourth-order valence-corrected chi connectivity index (χ4v) is 4.19. The largest absolute Gasteiger partial charge is 0.364 e. The van der Waals surface area contributed by atoms with Gasteiger partial charge in [-0.15, -0.1) is 0 Å². The van der Waals surface area contributed by atoms with Gasteiger partial charge in [0.15, 0.2) is 11.6 Å². The standard InChI is InChI=1S/C23H25F2N5/c1-14-21-20(6-9-26-14)28-22(27-18-4-5-18)23(29-21)30-10-7-15(8-11-30)12-16-2-3-17(24)13-19(16)25/h2-3,6,9,13,15,18H,4-5,7-8,10-12H2,1H3,(H,27,28). The summed E-state index contributed by atoms with van der Waals surface area (Å²) in [7, 11) is 0. The molecule has 2 fully saturated rings. The Balaban J connectivity index is 1.35. The van der Waals surface area contributed by atoms with Gasteiger partial charge in [0.1, 0.15) is 17.2 Å². The number of hydrogen-bond acceptors (Lipinski definition) is 5.